The Morgan fingerprint density at radius 1 is 1.10 bits per heavy atom. The molecule has 0 saturated heterocycles. The molecule has 1 aromatic rings. The molecule has 4 atom stereocenters. The molecule has 0 fully saturated rings. The molecule has 0 radical (unpaired) electrons. The normalized spacial score (nSPS) is 14.8. The highest BCUT2D eigenvalue weighted by molar-refractivity contribution is 7.80. The summed E-state index contributed by atoms with van der Waals surface area (Å²) in [6.45, 7) is 0.802. The number of carboxylic acid groups (broad SMARTS) is 1. The van der Waals surface area contributed by atoms with Gasteiger partial charge < -0.3 is 31.9 Å². The van der Waals surface area contributed by atoms with Crippen LogP contribution in [0.4, 0.5) is 0 Å². The Labute approximate surface area is 173 Å². The highest BCUT2D eigenvalue weighted by atomic mass is 32.1. The lowest BCUT2D eigenvalue weighted by molar-refractivity contribution is -0.142. The molecule has 1 aromatic carbocycles. The van der Waals surface area contributed by atoms with Crippen LogP contribution >= 0.6 is 12.6 Å². The number of nitrogens with two attached hydrogens (primary N) is 1. The molecule has 0 aromatic heterocycles. The molecule has 7 N–H and O–H groups in total. The van der Waals surface area contributed by atoms with E-state index >= 15 is 0 Å². The maximum atomic E-state index is 12.5. The first-order valence-corrected chi connectivity index (χ1v) is 9.47. The number of nitrogens with one attached hydrogen (secondary N) is 3. The van der Waals surface area contributed by atoms with Crippen molar-refractivity contribution in [3.63, 3.8) is 0 Å². The number of carboxylic acids is 1. The summed E-state index contributed by atoms with van der Waals surface area (Å²) in [4.78, 5) is 47.5. The van der Waals surface area contributed by atoms with E-state index in [1.807, 2.05) is 0 Å². The molecule has 0 bridgehead atoms. The first kappa shape index (κ1) is 24.4. The van der Waals surface area contributed by atoms with E-state index < -0.39 is 54.5 Å². The van der Waals surface area contributed by atoms with Gasteiger partial charge in [0.05, 0.1) is 18.7 Å². The summed E-state index contributed by atoms with van der Waals surface area (Å²) in [6.07, 6.45) is -1.28. The van der Waals surface area contributed by atoms with Crippen LogP contribution in [0.2, 0.25) is 0 Å². The molecule has 11 heteroatoms. The number of carbonyl (C=O) groups excluding carboxylic acids is 3. The molecule has 0 heterocycles. The van der Waals surface area contributed by atoms with Crippen molar-refractivity contribution in [2.45, 2.75) is 37.6 Å². The minimum absolute atomic E-state index is 0.0278. The summed E-state index contributed by atoms with van der Waals surface area (Å²) in [5, 5.41) is 26.1. The van der Waals surface area contributed by atoms with Gasteiger partial charge in [0.25, 0.3) is 0 Å². The van der Waals surface area contributed by atoms with E-state index in [9.17, 15) is 29.4 Å². The fourth-order valence-electron chi connectivity index (χ4n) is 2.32. The zero-order valence-corrected chi connectivity index (χ0v) is 16.8. The van der Waals surface area contributed by atoms with Crippen molar-refractivity contribution >= 4 is 36.3 Å². The molecule has 4 unspecified atom stereocenters. The van der Waals surface area contributed by atoms with E-state index in [0.717, 1.165) is 0 Å². The summed E-state index contributed by atoms with van der Waals surface area (Å²) in [7, 11) is 0. The largest absolute Gasteiger partial charge is 0.480 e. The predicted octanol–water partition coefficient (Wildman–Crippen LogP) is -1.96. The Morgan fingerprint density at radius 3 is 2.24 bits per heavy atom. The van der Waals surface area contributed by atoms with E-state index in [1.165, 1.54) is 6.92 Å². The van der Waals surface area contributed by atoms with Gasteiger partial charge in [-0.1, -0.05) is 30.3 Å². The molecule has 0 aliphatic rings. The van der Waals surface area contributed by atoms with Crippen LogP contribution in [0.15, 0.2) is 30.3 Å². The van der Waals surface area contributed by atoms with Gasteiger partial charge in [-0.2, -0.15) is 12.6 Å². The van der Waals surface area contributed by atoms with Crippen molar-refractivity contribution in [2.75, 3.05) is 12.3 Å². The van der Waals surface area contributed by atoms with Gasteiger partial charge in [0, 0.05) is 12.2 Å². The zero-order chi connectivity index (χ0) is 22.0. The molecule has 0 saturated carbocycles. The van der Waals surface area contributed by atoms with Crippen molar-refractivity contribution in [3.05, 3.63) is 35.9 Å². The van der Waals surface area contributed by atoms with E-state index in [-0.39, 0.29) is 12.2 Å². The number of aliphatic carboxylic acids is 1. The van der Waals surface area contributed by atoms with Crippen LogP contribution < -0.4 is 21.7 Å². The number of hydrogen-bond donors (Lipinski definition) is 7. The fourth-order valence-corrected chi connectivity index (χ4v) is 2.49. The lowest BCUT2D eigenvalue weighted by atomic mass is 10.0. The summed E-state index contributed by atoms with van der Waals surface area (Å²) in [6, 6.07) is 5.13. The average Bonchev–Trinajstić information content (AvgIpc) is 2.69. The van der Waals surface area contributed by atoms with Gasteiger partial charge in [0.1, 0.15) is 12.1 Å². The number of carbonyl (C=O) groups is 4. The standard InChI is InChI=1S/C18H26N4O6S/c1-10(23)15(22-14(24)8-20-16(25)12(19)9-29)17(26)21-13(18(27)28)7-11-5-3-2-4-6-11/h2-6,10,12-13,15,23,29H,7-9,19H2,1H3,(H,20,25)(H,21,26)(H,22,24)(H,27,28). The zero-order valence-electron chi connectivity index (χ0n) is 15.9. The number of benzene rings is 1. The highest BCUT2D eigenvalue weighted by Gasteiger charge is 2.30. The third kappa shape index (κ3) is 8.50. The maximum absolute atomic E-state index is 12.5. The molecule has 3 amide bonds. The Morgan fingerprint density at radius 2 is 1.72 bits per heavy atom. The monoisotopic (exact) mass is 426 g/mol. The van der Waals surface area contributed by atoms with E-state index in [2.05, 4.69) is 28.6 Å². The third-order valence-corrected chi connectivity index (χ3v) is 4.33. The van der Waals surface area contributed by atoms with Crippen molar-refractivity contribution in [1.29, 1.82) is 0 Å². The van der Waals surface area contributed by atoms with Crippen LogP contribution in [-0.2, 0) is 25.6 Å². The van der Waals surface area contributed by atoms with Crippen molar-refractivity contribution in [2.24, 2.45) is 5.73 Å². The maximum Gasteiger partial charge on any atom is 0.326 e. The number of hydrogen-bond acceptors (Lipinski definition) is 7. The van der Waals surface area contributed by atoms with Gasteiger partial charge in [0.15, 0.2) is 0 Å². The van der Waals surface area contributed by atoms with E-state index in [0.29, 0.717) is 5.56 Å². The Hall–Kier alpha value is -2.63. The Bertz CT molecular complexity index is 716. The first-order chi connectivity index (χ1) is 13.6. The Balaban J connectivity index is 2.71. The number of aliphatic hydroxyl groups is 1. The number of rotatable bonds is 11. The SMILES string of the molecule is CC(O)C(NC(=O)CNC(=O)C(N)CS)C(=O)NC(Cc1ccccc1)C(=O)O. The summed E-state index contributed by atoms with van der Waals surface area (Å²) in [5.74, 6) is -3.38. The lowest BCUT2D eigenvalue weighted by Gasteiger charge is -2.23. The van der Waals surface area contributed by atoms with Gasteiger partial charge in [-0.3, -0.25) is 14.4 Å². The van der Waals surface area contributed by atoms with Crippen LogP contribution in [-0.4, -0.2) is 70.4 Å². The average molecular weight is 426 g/mol. The minimum atomic E-state index is -1.41. The van der Waals surface area contributed by atoms with Gasteiger partial charge in [-0.15, -0.1) is 0 Å². The van der Waals surface area contributed by atoms with Gasteiger partial charge >= 0.3 is 5.97 Å². The summed E-state index contributed by atoms with van der Waals surface area (Å²) < 4.78 is 0. The van der Waals surface area contributed by atoms with E-state index in [4.69, 9.17) is 5.73 Å². The summed E-state index contributed by atoms with van der Waals surface area (Å²) in [5.41, 5.74) is 6.16. The fraction of sp³-hybridized carbons (Fsp3) is 0.444. The highest BCUT2D eigenvalue weighted by Crippen LogP contribution is 2.05. The molecular weight excluding hydrogens is 400 g/mol. The quantitative estimate of drug-likeness (QED) is 0.201. The number of thiol groups is 1. The molecule has 0 aliphatic heterocycles. The molecule has 29 heavy (non-hydrogen) atoms. The first-order valence-electron chi connectivity index (χ1n) is 8.84. The van der Waals surface area contributed by atoms with Crippen molar-refractivity contribution in [3.8, 4) is 0 Å². The van der Waals surface area contributed by atoms with Crippen LogP contribution in [0.25, 0.3) is 0 Å². The second kappa shape index (κ2) is 12.0. The Kier molecular flexibility index (Phi) is 10.1. The van der Waals surface area contributed by atoms with Gasteiger partial charge in [0.2, 0.25) is 17.7 Å². The third-order valence-electron chi connectivity index (χ3n) is 3.94. The van der Waals surface area contributed by atoms with Crippen molar-refractivity contribution < 1.29 is 29.4 Å². The van der Waals surface area contributed by atoms with Gasteiger partial charge in [-0.25, -0.2) is 4.79 Å². The number of amides is 3. The second-order valence-corrected chi connectivity index (χ2v) is 6.75. The molecular formula is C18H26N4O6S. The predicted molar refractivity (Wildman–Crippen MR) is 108 cm³/mol. The van der Waals surface area contributed by atoms with Gasteiger partial charge in [-0.05, 0) is 12.5 Å². The smallest absolute Gasteiger partial charge is 0.326 e. The lowest BCUT2D eigenvalue weighted by Crippen LogP contribution is -2.57. The molecule has 10 nitrogen and oxygen atoms in total. The van der Waals surface area contributed by atoms with E-state index in [1.54, 1.807) is 30.3 Å². The molecule has 1 rings (SSSR count). The van der Waals surface area contributed by atoms with Crippen LogP contribution in [0.1, 0.15) is 12.5 Å². The molecule has 0 aliphatic carbocycles. The molecule has 0 spiro atoms. The summed E-state index contributed by atoms with van der Waals surface area (Å²) >= 11 is 3.87. The number of aliphatic hydroxyl groups excluding tert-OH is 1. The topological polar surface area (TPSA) is 171 Å². The van der Waals surface area contributed by atoms with Crippen LogP contribution in [0.5, 0.6) is 0 Å². The van der Waals surface area contributed by atoms with Crippen molar-refractivity contribution in [1.82, 2.24) is 16.0 Å². The second-order valence-electron chi connectivity index (χ2n) is 6.38. The minimum Gasteiger partial charge on any atom is -0.480 e. The molecule has 160 valence electrons. The van der Waals surface area contributed by atoms with Crippen LogP contribution in [0, 0.1) is 0 Å². The van der Waals surface area contributed by atoms with Crippen LogP contribution in [0.3, 0.4) is 0 Å².